The molecule has 0 heterocycles. The Morgan fingerprint density at radius 3 is 2.60 bits per heavy atom. The normalized spacial score (nSPS) is 12.4. The van der Waals surface area contributed by atoms with Gasteiger partial charge in [0.1, 0.15) is 0 Å². The average molecular weight is 219 g/mol. The Kier molecular flexibility index (Phi) is 6.59. The fourth-order valence-corrected chi connectivity index (χ4v) is 1.70. The Bertz CT molecular complexity index is 36.6. The summed E-state index contributed by atoms with van der Waals surface area (Å²) in [5.74, 6) is 0. The highest BCUT2D eigenvalue weighted by molar-refractivity contribution is 14.1. The zero-order valence-electron chi connectivity index (χ0n) is 2.48. The number of rotatable bonds is 1. The van der Waals surface area contributed by atoms with Crippen molar-refractivity contribution in [1.29, 1.82) is 0 Å². The van der Waals surface area contributed by atoms with Crippen LogP contribution in [0.2, 0.25) is 0 Å². The van der Waals surface area contributed by atoms with Crippen molar-refractivity contribution in [2.45, 2.75) is 0 Å². The molecule has 0 spiro atoms. The lowest BCUT2D eigenvalue weighted by atomic mass is 11.8. The van der Waals surface area contributed by atoms with Crippen LogP contribution >= 0.6 is 39.9 Å². The van der Waals surface area contributed by atoms with Gasteiger partial charge in [-0.1, -0.05) is 8.93 Å². The molecule has 1 nitrogen and oxygen atoms in total. The van der Waals surface area contributed by atoms with Gasteiger partial charge in [0.25, 0.3) is 0 Å². The molecule has 0 fully saturated rings. The number of hydrogen-bond donors (Lipinski definition) is 0. The monoisotopic (exact) mass is 219 g/mol. The van der Waals surface area contributed by atoms with E-state index in [4.69, 9.17) is 0 Å². The van der Waals surface area contributed by atoms with Gasteiger partial charge in [-0.15, -0.1) is 0 Å². The Hall–Kier alpha value is 1.26. The minimum absolute atomic E-state index is 0.636. The maximum Gasteiger partial charge on any atom is 0.0640 e. The van der Waals surface area contributed by atoms with Crippen molar-refractivity contribution in [3.05, 3.63) is 0 Å². The van der Waals surface area contributed by atoms with Gasteiger partial charge < -0.3 is 0 Å². The van der Waals surface area contributed by atoms with Gasteiger partial charge in [-0.05, 0) is 22.6 Å². The molecule has 0 aliphatic carbocycles. The van der Waals surface area contributed by atoms with Crippen LogP contribution in [0, 0.1) is 0 Å². The van der Waals surface area contributed by atoms with Crippen LogP contribution in [-0.4, -0.2) is 4.22 Å². The Balaban J connectivity index is 2.62. The van der Waals surface area contributed by atoms with Crippen LogP contribution in [0.5, 0.6) is 0 Å². The molecule has 0 aliphatic rings. The molecule has 0 saturated carbocycles. The van der Waals surface area contributed by atoms with Crippen molar-refractivity contribution < 1.29 is 0 Å². The summed E-state index contributed by atoms with van der Waals surface area (Å²) >= 11 is 2.09. The molecule has 0 saturated heterocycles. The van der Waals surface area contributed by atoms with Gasteiger partial charge in [0, 0.05) is 8.42 Å². The van der Waals surface area contributed by atoms with Crippen LogP contribution in [-0.2, 0) is 0 Å². The third-order valence-corrected chi connectivity index (χ3v) is 1.65. The molecule has 0 N–H and O–H groups in total. The number of hydrogen-bond acceptors (Lipinski definition) is 1. The van der Waals surface area contributed by atoms with Gasteiger partial charge in [0.2, 0.25) is 0 Å². The predicted molar refractivity (Wildman–Crippen MR) is 40.5 cm³/mol. The fraction of sp³-hybridized carbons (Fsp3) is 0. The SMILES string of the molecule is PPN=CI. The minimum Gasteiger partial charge on any atom is -0.262 e. The lowest BCUT2D eigenvalue weighted by molar-refractivity contribution is 2.04. The third-order valence-electron chi connectivity index (χ3n) is 0.123. The summed E-state index contributed by atoms with van der Waals surface area (Å²) in [6.07, 6.45) is 0. The van der Waals surface area contributed by atoms with Crippen LogP contribution < -0.4 is 0 Å². The van der Waals surface area contributed by atoms with Crippen LogP contribution in [0.1, 0.15) is 0 Å². The largest absolute Gasteiger partial charge is 0.262 e. The lowest BCUT2D eigenvalue weighted by Crippen LogP contribution is -1.30. The van der Waals surface area contributed by atoms with Gasteiger partial charge >= 0.3 is 0 Å². The molecule has 0 aliphatic heterocycles. The van der Waals surface area contributed by atoms with E-state index in [2.05, 4.69) is 36.3 Å². The van der Waals surface area contributed by atoms with E-state index < -0.39 is 0 Å². The second-order valence-corrected chi connectivity index (χ2v) is 2.20. The van der Waals surface area contributed by atoms with Crippen LogP contribution in [0.3, 0.4) is 0 Å². The second kappa shape index (κ2) is 5.26. The maximum absolute atomic E-state index is 3.82. The highest BCUT2D eigenvalue weighted by Gasteiger charge is 1.51. The molecule has 2 atom stereocenters. The molecule has 0 aromatic heterocycles. The first-order chi connectivity index (χ1) is 2.41. The molecule has 2 unspecified atom stereocenters. The smallest absolute Gasteiger partial charge is 0.0640 e. The van der Waals surface area contributed by atoms with Gasteiger partial charge in [-0.3, -0.25) is 4.76 Å². The lowest BCUT2D eigenvalue weighted by Gasteiger charge is -1.66. The third kappa shape index (κ3) is 5.26. The zero-order valence-corrected chi connectivity index (χ0v) is 6.79. The van der Waals surface area contributed by atoms with Gasteiger partial charge in [0.15, 0.2) is 0 Å². The second-order valence-electron chi connectivity index (χ2n) is 0.356. The van der Waals surface area contributed by atoms with Crippen molar-refractivity contribution in [3.63, 3.8) is 0 Å². The van der Waals surface area contributed by atoms with Crippen molar-refractivity contribution >= 4 is 44.2 Å². The number of nitrogens with zero attached hydrogens (tertiary/aromatic N) is 1. The summed E-state index contributed by atoms with van der Waals surface area (Å²) in [5.41, 5.74) is 0. The van der Waals surface area contributed by atoms with E-state index in [1.807, 2.05) is 0 Å². The predicted octanol–water partition coefficient (Wildman–Crippen LogP) is 1.83. The minimum atomic E-state index is 0.636. The molecule has 0 radical (unpaired) electrons. The van der Waals surface area contributed by atoms with E-state index in [0.717, 1.165) is 0 Å². The highest BCUT2D eigenvalue weighted by atomic mass is 127. The summed E-state index contributed by atoms with van der Waals surface area (Å²) in [6, 6.07) is 0. The van der Waals surface area contributed by atoms with E-state index in [0.29, 0.717) is 8.42 Å². The molecule has 0 aromatic rings. The molecule has 0 bridgehead atoms. The number of halogens is 1. The molecular formula is CH4INP2. The van der Waals surface area contributed by atoms with E-state index in [1.54, 1.807) is 4.22 Å². The van der Waals surface area contributed by atoms with Gasteiger partial charge in [-0.2, -0.15) is 0 Å². The zero-order chi connectivity index (χ0) is 4.12. The van der Waals surface area contributed by atoms with Crippen molar-refractivity contribution in [2.75, 3.05) is 0 Å². The molecule has 5 heavy (non-hydrogen) atoms. The summed E-state index contributed by atoms with van der Waals surface area (Å²) in [4.78, 5) is 0. The Morgan fingerprint density at radius 1 is 2.00 bits per heavy atom. The van der Waals surface area contributed by atoms with E-state index in [1.165, 1.54) is 0 Å². The first kappa shape index (κ1) is 6.26. The molecule has 4 heteroatoms. The van der Waals surface area contributed by atoms with Crippen molar-refractivity contribution in [1.82, 2.24) is 0 Å². The van der Waals surface area contributed by atoms with Crippen LogP contribution in [0.15, 0.2) is 4.76 Å². The molecule has 0 aromatic carbocycles. The Morgan fingerprint density at radius 2 is 2.60 bits per heavy atom. The fourth-order valence-electron chi connectivity index (χ4n) is 0.0282. The molecule has 30 valence electrons. The molecule has 0 amide bonds. The van der Waals surface area contributed by atoms with Crippen LogP contribution in [0.25, 0.3) is 0 Å². The summed E-state index contributed by atoms with van der Waals surface area (Å²) in [6.45, 7) is 0. The van der Waals surface area contributed by atoms with Crippen molar-refractivity contribution in [2.24, 2.45) is 4.76 Å². The first-order valence-corrected chi connectivity index (χ1v) is 4.99. The summed E-state index contributed by atoms with van der Waals surface area (Å²) < 4.78 is 5.59. The average Bonchev–Trinajstić information content (AvgIpc) is 1.41. The van der Waals surface area contributed by atoms with E-state index in [-0.39, 0.29) is 0 Å². The molecule has 0 rings (SSSR count). The molecular weight excluding hydrogens is 215 g/mol. The van der Waals surface area contributed by atoms with Gasteiger partial charge in [0.05, 0.1) is 4.22 Å². The topological polar surface area (TPSA) is 12.4 Å². The summed E-state index contributed by atoms with van der Waals surface area (Å²) in [5, 5.41) is 0. The van der Waals surface area contributed by atoms with Crippen LogP contribution in [0.4, 0.5) is 0 Å². The van der Waals surface area contributed by atoms with E-state index >= 15 is 0 Å². The highest BCUT2D eigenvalue weighted by Crippen LogP contribution is 2.20. The van der Waals surface area contributed by atoms with Crippen molar-refractivity contribution in [3.8, 4) is 0 Å². The standard InChI is InChI=1S/CH4INP2/c2-1-3-5-4/h1,5H,4H2. The van der Waals surface area contributed by atoms with E-state index in [9.17, 15) is 0 Å². The summed E-state index contributed by atoms with van der Waals surface area (Å²) in [7, 11) is 3.16. The quantitative estimate of drug-likeness (QED) is 0.362. The maximum atomic E-state index is 3.82. The first-order valence-electron chi connectivity index (χ1n) is 0.989. The van der Waals surface area contributed by atoms with Gasteiger partial charge in [-0.25, -0.2) is 0 Å². The Labute approximate surface area is 49.1 Å².